The van der Waals surface area contributed by atoms with E-state index in [-0.39, 0.29) is 5.54 Å². The summed E-state index contributed by atoms with van der Waals surface area (Å²) in [6.07, 6.45) is 0. The number of hydrazine groups is 1. The Labute approximate surface area is 119 Å². The average Bonchev–Trinajstić information content (AvgIpc) is 2.25. The van der Waals surface area contributed by atoms with E-state index in [0.717, 1.165) is 5.69 Å². The highest BCUT2D eigenvalue weighted by molar-refractivity contribution is 7.80. The molecule has 0 aliphatic rings. The Morgan fingerprint density at radius 3 is 2.06 bits per heavy atom. The van der Waals surface area contributed by atoms with Crippen LogP contribution in [0, 0.1) is 0 Å². The molecule has 4 N–H and O–H groups in total. The van der Waals surface area contributed by atoms with Gasteiger partial charge in [0.05, 0.1) is 0 Å². The Morgan fingerprint density at radius 1 is 0.944 bits per heavy atom. The van der Waals surface area contributed by atoms with Crippen molar-refractivity contribution in [3.63, 3.8) is 0 Å². The second kappa shape index (κ2) is 6.51. The van der Waals surface area contributed by atoms with Crippen LogP contribution in [0.15, 0.2) is 30.3 Å². The molecule has 0 spiro atoms. The van der Waals surface area contributed by atoms with Crippen LogP contribution in [0.1, 0.15) is 20.8 Å². The molecule has 1 rings (SSSR count). The average molecular weight is 282 g/mol. The van der Waals surface area contributed by atoms with Crippen molar-refractivity contribution in [3.05, 3.63) is 30.3 Å². The van der Waals surface area contributed by atoms with E-state index in [0.29, 0.717) is 10.2 Å². The van der Waals surface area contributed by atoms with Crippen LogP contribution in [0.3, 0.4) is 0 Å². The van der Waals surface area contributed by atoms with Gasteiger partial charge in [-0.05, 0) is 57.3 Å². The van der Waals surface area contributed by atoms with Crippen molar-refractivity contribution in [2.75, 3.05) is 5.32 Å². The van der Waals surface area contributed by atoms with Crippen LogP contribution in [0.2, 0.25) is 0 Å². The van der Waals surface area contributed by atoms with E-state index >= 15 is 0 Å². The van der Waals surface area contributed by atoms with Gasteiger partial charge in [0, 0.05) is 11.2 Å². The summed E-state index contributed by atoms with van der Waals surface area (Å²) in [5.41, 5.74) is 6.49. The molecule has 4 nitrogen and oxygen atoms in total. The Balaban J connectivity index is 2.32. The summed E-state index contributed by atoms with van der Waals surface area (Å²) in [5.74, 6) is 0. The lowest BCUT2D eigenvalue weighted by atomic mass is 10.1. The van der Waals surface area contributed by atoms with E-state index in [2.05, 4.69) is 21.5 Å². The number of para-hydroxylation sites is 1. The van der Waals surface area contributed by atoms with Crippen LogP contribution in [0.4, 0.5) is 5.69 Å². The lowest BCUT2D eigenvalue weighted by molar-refractivity contribution is 0.505. The molecule has 0 amide bonds. The fourth-order valence-corrected chi connectivity index (χ4v) is 1.70. The fraction of sp³-hybridized carbons (Fsp3) is 0.333. The molecule has 0 fully saturated rings. The summed E-state index contributed by atoms with van der Waals surface area (Å²) in [5, 5.41) is 7.10. The fourth-order valence-electron chi connectivity index (χ4n) is 1.17. The predicted octanol–water partition coefficient (Wildman–Crippen LogP) is 2.15. The third kappa shape index (κ3) is 6.36. The Morgan fingerprint density at radius 2 is 1.50 bits per heavy atom. The Bertz CT molecular complexity index is 412. The molecule has 0 aromatic heterocycles. The first-order chi connectivity index (χ1) is 8.37. The lowest BCUT2D eigenvalue weighted by Gasteiger charge is -2.23. The first-order valence-corrected chi connectivity index (χ1v) is 6.39. The van der Waals surface area contributed by atoms with Crippen LogP contribution < -0.4 is 21.5 Å². The smallest absolute Gasteiger partial charge is 0.189 e. The summed E-state index contributed by atoms with van der Waals surface area (Å²) in [4.78, 5) is 0. The second-order valence-electron chi connectivity index (χ2n) is 4.77. The number of nitrogens with one attached hydrogen (secondary N) is 4. The van der Waals surface area contributed by atoms with Crippen molar-refractivity contribution < 1.29 is 0 Å². The standard InChI is InChI=1S/C12H18N4S2/c1-12(2,3)14-11(18)16-15-10(17)13-9-7-5-4-6-8-9/h4-8H,1-3H3,(H2,13,15,17)(H2,14,16,18). The van der Waals surface area contributed by atoms with Gasteiger partial charge < -0.3 is 10.6 Å². The molecular formula is C12H18N4S2. The largest absolute Gasteiger partial charge is 0.357 e. The molecule has 6 heteroatoms. The molecule has 0 bridgehead atoms. The molecular weight excluding hydrogens is 264 g/mol. The van der Waals surface area contributed by atoms with Gasteiger partial charge in [0.2, 0.25) is 0 Å². The van der Waals surface area contributed by atoms with Crippen molar-refractivity contribution in [2.45, 2.75) is 26.3 Å². The molecule has 1 aromatic carbocycles. The number of rotatable bonds is 1. The molecule has 0 radical (unpaired) electrons. The van der Waals surface area contributed by atoms with Gasteiger partial charge in [-0.2, -0.15) is 0 Å². The number of hydrogen-bond donors (Lipinski definition) is 4. The van der Waals surface area contributed by atoms with E-state index < -0.39 is 0 Å². The van der Waals surface area contributed by atoms with Gasteiger partial charge in [0.1, 0.15) is 0 Å². The van der Waals surface area contributed by atoms with Crippen molar-refractivity contribution >= 4 is 40.3 Å². The van der Waals surface area contributed by atoms with E-state index in [1.807, 2.05) is 51.1 Å². The highest BCUT2D eigenvalue weighted by Crippen LogP contribution is 2.03. The van der Waals surface area contributed by atoms with Crippen molar-refractivity contribution in [1.82, 2.24) is 16.2 Å². The Hall–Kier alpha value is -1.40. The molecule has 1 aromatic rings. The summed E-state index contributed by atoms with van der Waals surface area (Å²) in [6, 6.07) is 9.68. The van der Waals surface area contributed by atoms with Gasteiger partial charge in [0.25, 0.3) is 0 Å². The minimum atomic E-state index is -0.0831. The van der Waals surface area contributed by atoms with Gasteiger partial charge in [-0.1, -0.05) is 18.2 Å². The molecule has 0 heterocycles. The predicted molar refractivity (Wildman–Crippen MR) is 84.4 cm³/mol. The summed E-state index contributed by atoms with van der Waals surface area (Å²) in [7, 11) is 0. The zero-order valence-corrected chi connectivity index (χ0v) is 12.3. The molecule has 0 saturated carbocycles. The zero-order valence-electron chi connectivity index (χ0n) is 10.7. The maximum absolute atomic E-state index is 5.12. The minimum absolute atomic E-state index is 0.0831. The second-order valence-corrected chi connectivity index (χ2v) is 5.59. The number of benzene rings is 1. The number of anilines is 1. The number of hydrogen-bond acceptors (Lipinski definition) is 2. The van der Waals surface area contributed by atoms with Crippen molar-refractivity contribution in [2.24, 2.45) is 0 Å². The topological polar surface area (TPSA) is 48.1 Å². The summed E-state index contributed by atoms with van der Waals surface area (Å²) >= 11 is 10.2. The van der Waals surface area contributed by atoms with Crippen LogP contribution >= 0.6 is 24.4 Å². The maximum atomic E-state index is 5.12. The van der Waals surface area contributed by atoms with E-state index in [1.165, 1.54) is 0 Å². The van der Waals surface area contributed by atoms with Gasteiger partial charge in [-0.3, -0.25) is 10.9 Å². The molecule has 0 atom stereocenters. The van der Waals surface area contributed by atoms with E-state index in [1.54, 1.807) is 0 Å². The van der Waals surface area contributed by atoms with Crippen LogP contribution in [-0.2, 0) is 0 Å². The van der Waals surface area contributed by atoms with Gasteiger partial charge in [-0.25, -0.2) is 0 Å². The van der Waals surface area contributed by atoms with Crippen molar-refractivity contribution in [1.29, 1.82) is 0 Å². The first-order valence-electron chi connectivity index (χ1n) is 5.57. The van der Waals surface area contributed by atoms with Crippen LogP contribution in [-0.4, -0.2) is 15.8 Å². The molecule has 18 heavy (non-hydrogen) atoms. The quantitative estimate of drug-likeness (QED) is 0.468. The van der Waals surface area contributed by atoms with Crippen LogP contribution in [0.25, 0.3) is 0 Å². The third-order valence-corrected chi connectivity index (χ3v) is 2.22. The molecule has 0 aliphatic heterocycles. The highest BCUT2D eigenvalue weighted by Gasteiger charge is 2.10. The number of thiocarbonyl (C=S) groups is 2. The normalized spacial score (nSPS) is 10.4. The highest BCUT2D eigenvalue weighted by atomic mass is 32.1. The third-order valence-electron chi connectivity index (χ3n) is 1.81. The first kappa shape index (κ1) is 14.7. The monoisotopic (exact) mass is 282 g/mol. The van der Waals surface area contributed by atoms with Gasteiger partial charge in [0.15, 0.2) is 10.2 Å². The maximum Gasteiger partial charge on any atom is 0.189 e. The molecule has 0 aliphatic carbocycles. The van der Waals surface area contributed by atoms with Gasteiger partial charge in [-0.15, -0.1) is 0 Å². The molecule has 98 valence electrons. The lowest BCUT2D eigenvalue weighted by Crippen LogP contribution is -2.52. The van der Waals surface area contributed by atoms with E-state index in [9.17, 15) is 0 Å². The Kier molecular flexibility index (Phi) is 5.30. The zero-order chi connectivity index (χ0) is 13.6. The van der Waals surface area contributed by atoms with Gasteiger partial charge >= 0.3 is 0 Å². The van der Waals surface area contributed by atoms with E-state index in [4.69, 9.17) is 24.4 Å². The summed E-state index contributed by atoms with van der Waals surface area (Å²) in [6.45, 7) is 6.09. The summed E-state index contributed by atoms with van der Waals surface area (Å²) < 4.78 is 0. The molecule has 0 unspecified atom stereocenters. The molecule has 0 saturated heterocycles. The SMILES string of the molecule is CC(C)(C)NC(=S)NNC(=S)Nc1ccccc1. The minimum Gasteiger partial charge on any atom is -0.357 e. The van der Waals surface area contributed by atoms with Crippen LogP contribution in [0.5, 0.6) is 0 Å². The van der Waals surface area contributed by atoms with Crippen molar-refractivity contribution in [3.8, 4) is 0 Å².